The topological polar surface area (TPSA) is 124 Å². The highest BCUT2D eigenvalue weighted by atomic mass is 19.1. The number of para-hydroxylation sites is 1. The van der Waals surface area contributed by atoms with E-state index in [2.05, 4.69) is 9.97 Å². The number of benzene rings is 2. The molecule has 0 radical (unpaired) electrons. The number of hydrogen-bond acceptors (Lipinski definition) is 6. The third kappa shape index (κ3) is 4.27. The van der Waals surface area contributed by atoms with Gasteiger partial charge >= 0.3 is 0 Å². The Labute approximate surface area is 184 Å². The number of pyridine rings is 1. The molecule has 0 unspecified atom stereocenters. The molecule has 2 aromatic carbocycles. The molecule has 0 saturated carbocycles. The lowest BCUT2D eigenvalue weighted by Crippen LogP contribution is -2.23. The van der Waals surface area contributed by atoms with Gasteiger partial charge in [0.15, 0.2) is 0 Å². The van der Waals surface area contributed by atoms with Crippen LogP contribution in [-0.4, -0.2) is 14.5 Å². The van der Waals surface area contributed by atoms with Crippen LogP contribution in [0.3, 0.4) is 0 Å². The molecule has 0 bridgehead atoms. The fraction of sp³-hybridized carbons (Fsp3) is 0.167. The Morgan fingerprint density at radius 1 is 1.09 bits per heavy atom. The van der Waals surface area contributed by atoms with Crippen LogP contribution in [-0.2, 0) is 6.42 Å². The number of hydrogen-bond donors (Lipinski definition) is 2. The first kappa shape index (κ1) is 22.4. The molecule has 4 N–H and O–H groups in total. The first-order chi connectivity index (χ1) is 15.3. The smallest absolute Gasteiger partial charge is 0.266 e. The second-order valence-corrected chi connectivity index (χ2v) is 7.16. The highest BCUT2D eigenvalue weighted by molar-refractivity contribution is 5.83. The maximum atomic E-state index is 14.1. The van der Waals surface area contributed by atoms with E-state index in [1.54, 1.807) is 23.6 Å². The van der Waals surface area contributed by atoms with Crippen LogP contribution in [0.1, 0.15) is 29.4 Å². The molecule has 7 nitrogen and oxygen atoms in total. The Morgan fingerprint density at radius 2 is 1.81 bits per heavy atom. The Morgan fingerprint density at radius 3 is 2.44 bits per heavy atom. The predicted molar refractivity (Wildman–Crippen MR) is 124 cm³/mol. The molecular weight excluding hydrogens is 407 g/mol. The summed E-state index contributed by atoms with van der Waals surface area (Å²) < 4.78 is 15.7. The van der Waals surface area contributed by atoms with E-state index in [1.807, 2.05) is 50.2 Å². The van der Waals surface area contributed by atoms with E-state index >= 15 is 0 Å². The van der Waals surface area contributed by atoms with E-state index < -0.39 is 5.82 Å². The number of anilines is 2. The van der Waals surface area contributed by atoms with Crippen LogP contribution in [0.15, 0.2) is 53.3 Å². The summed E-state index contributed by atoms with van der Waals surface area (Å²) in [4.78, 5) is 20.2. The quantitative estimate of drug-likeness (QED) is 0.498. The van der Waals surface area contributed by atoms with Gasteiger partial charge in [0.05, 0.1) is 16.8 Å². The van der Waals surface area contributed by atoms with Crippen molar-refractivity contribution in [3.8, 4) is 11.8 Å². The molecule has 162 valence electrons. The van der Waals surface area contributed by atoms with Gasteiger partial charge in [-0.25, -0.2) is 9.37 Å². The number of nitrogen functional groups attached to an aromatic ring is 2. The van der Waals surface area contributed by atoms with E-state index in [0.717, 1.165) is 16.9 Å². The van der Waals surface area contributed by atoms with Gasteiger partial charge in [0.1, 0.15) is 23.3 Å². The van der Waals surface area contributed by atoms with Gasteiger partial charge < -0.3 is 11.5 Å². The number of nitriles is 1. The number of aryl methyl sites for hydroxylation is 3. The molecule has 4 aromatic rings. The lowest BCUT2D eigenvalue weighted by Gasteiger charge is -2.15. The summed E-state index contributed by atoms with van der Waals surface area (Å²) in [7, 11) is 0. The standard InChI is InChI=1S/C18H16FNO.C6H7N5/c1-3-14-11-13-8-6-9-15(19)17(13)18(21)20(14)16-10-5-4-7-12(16)2;1-3-4(2-7)5(8)11-6(9)10-3/h4-11H,3H2,1-2H3;1H3,(H4,8,9,10,11). The van der Waals surface area contributed by atoms with Crippen molar-refractivity contribution in [1.29, 1.82) is 5.26 Å². The van der Waals surface area contributed by atoms with Crippen LogP contribution < -0.4 is 17.0 Å². The van der Waals surface area contributed by atoms with Crippen molar-refractivity contribution in [2.24, 2.45) is 0 Å². The van der Waals surface area contributed by atoms with Crippen molar-refractivity contribution in [2.45, 2.75) is 27.2 Å². The van der Waals surface area contributed by atoms with E-state index in [9.17, 15) is 9.18 Å². The highest BCUT2D eigenvalue weighted by Crippen LogP contribution is 2.20. The lowest BCUT2D eigenvalue weighted by atomic mass is 10.1. The number of nitrogens with two attached hydrogens (primary N) is 2. The molecule has 0 aliphatic heterocycles. The van der Waals surface area contributed by atoms with E-state index in [1.165, 1.54) is 6.07 Å². The summed E-state index contributed by atoms with van der Waals surface area (Å²) in [6.07, 6.45) is 0.704. The molecule has 8 heteroatoms. The van der Waals surface area contributed by atoms with Crippen LogP contribution in [0.4, 0.5) is 16.2 Å². The second kappa shape index (κ2) is 9.27. The van der Waals surface area contributed by atoms with Gasteiger partial charge in [0.2, 0.25) is 5.95 Å². The number of fused-ring (bicyclic) bond motifs is 1. The van der Waals surface area contributed by atoms with Crippen molar-refractivity contribution in [3.63, 3.8) is 0 Å². The fourth-order valence-corrected chi connectivity index (χ4v) is 3.47. The normalized spacial score (nSPS) is 10.3. The van der Waals surface area contributed by atoms with Gasteiger partial charge in [0, 0.05) is 5.69 Å². The SMILES string of the molecule is CCc1cc2cccc(F)c2c(=O)n1-c1ccccc1C.Cc1nc(N)nc(N)c1C#N. The minimum atomic E-state index is -0.470. The summed E-state index contributed by atoms with van der Waals surface area (Å²) in [6.45, 7) is 5.61. The molecule has 0 aliphatic rings. The maximum Gasteiger partial charge on any atom is 0.266 e. The van der Waals surface area contributed by atoms with Gasteiger partial charge in [0.25, 0.3) is 5.56 Å². The molecule has 0 spiro atoms. The molecule has 0 fully saturated rings. The van der Waals surface area contributed by atoms with Crippen molar-refractivity contribution >= 4 is 22.5 Å². The predicted octanol–water partition coefficient (Wildman–Crippen LogP) is 3.82. The summed E-state index contributed by atoms with van der Waals surface area (Å²) in [5.74, 6) is -0.237. The molecule has 2 aromatic heterocycles. The summed E-state index contributed by atoms with van der Waals surface area (Å²) >= 11 is 0. The Hall–Kier alpha value is -4.25. The summed E-state index contributed by atoms with van der Waals surface area (Å²) in [5, 5.41) is 9.34. The first-order valence-corrected chi connectivity index (χ1v) is 9.97. The van der Waals surface area contributed by atoms with Crippen molar-refractivity contribution in [3.05, 3.63) is 87.2 Å². The first-order valence-electron chi connectivity index (χ1n) is 9.97. The Balaban J connectivity index is 0.000000222. The molecular formula is C24H23FN6O. The van der Waals surface area contributed by atoms with Crippen molar-refractivity contribution < 1.29 is 4.39 Å². The largest absolute Gasteiger partial charge is 0.382 e. The van der Waals surface area contributed by atoms with E-state index in [0.29, 0.717) is 23.1 Å². The number of nitrogens with zero attached hydrogens (tertiary/aromatic N) is 4. The molecule has 0 amide bonds. The highest BCUT2D eigenvalue weighted by Gasteiger charge is 2.14. The van der Waals surface area contributed by atoms with Gasteiger partial charge in [-0.3, -0.25) is 9.36 Å². The van der Waals surface area contributed by atoms with Gasteiger partial charge in [-0.15, -0.1) is 0 Å². The molecule has 0 atom stereocenters. The molecule has 0 aliphatic carbocycles. The van der Waals surface area contributed by atoms with E-state index in [4.69, 9.17) is 16.7 Å². The third-order valence-corrected chi connectivity index (χ3v) is 5.04. The zero-order chi connectivity index (χ0) is 23.4. The van der Waals surface area contributed by atoms with Gasteiger partial charge in [-0.2, -0.15) is 10.2 Å². The van der Waals surface area contributed by atoms with Crippen LogP contribution in [0.2, 0.25) is 0 Å². The number of rotatable bonds is 2. The van der Waals surface area contributed by atoms with Gasteiger partial charge in [-0.1, -0.05) is 37.3 Å². The van der Waals surface area contributed by atoms with Crippen molar-refractivity contribution in [2.75, 3.05) is 11.5 Å². The lowest BCUT2D eigenvalue weighted by molar-refractivity contribution is 0.637. The zero-order valence-corrected chi connectivity index (χ0v) is 18.1. The Kier molecular flexibility index (Phi) is 6.50. The minimum Gasteiger partial charge on any atom is -0.382 e. The Bertz CT molecular complexity index is 1380. The van der Waals surface area contributed by atoms with Crippen LogP contribution in [0.5, 0.6) is 0 Å². The average Bonchev–Trinajstić information content (AvgIpc) is 2.74. The average molecular weight is 430 g/mol. The van der Waals surface area contributed by atoms with Crippen LogP contribution >= 0.6 is 0 Å². The summed E-state index contributed by atoms with van der Waals surface area (Å²) in [5.41, 5.74) is 13.8. The molecule has 32 heavy (non-hydrogen) atoms. The monoisotopic (exact) mass is 430 g/mol. The van der Waals surface area contributed by atoms with E-state index in [-0.39, 0.29) is 22.7 Å². The number of aromatic nitrogens is 3. The molecule has 2 heterocycles. The number of halogens is 1. The fourth-order valence-electron chi connectivity index (χ4n) is 3.47. The van der Waals surface area contributed by atoms with Crippen molar-refractivity contribution in [1.82, 2.24) is 14.5 Å². The zero-order valence-electron chi connectivity index (χ0n) is 18.1. The third-order valence-electron chi connectivity index (χ3n) is 5.04. The second-order valence-electron chi connectivity index (χ2n) is 7.16. The minimum absolute atomic E-state index is 0.0963. The molecule has 4 rings (SSSR count). The van der Waals surface area contributed by atoms with Crippen LogP contribution in [0, 0.1) is 31.0 Å². The van der Waals surface area contributed by atoms with Crippen LogP contribution in [0.25, 0.3) is 16.5 Å². The summed E-state index contributed by atoms with van der Waals surface area (Å²) in [6, 6.07) is 16.2. The van der Waals surface area contributed by atoms with Gasteiger partial charge in [-0.05, 0) is 49.4 Å². The molecule has 0 saturated heterocycles. The maximum absolute atomic E-state index is 14.1.